The maximum atomic E-state index is 5.81. The first-order valence-corrected chi connectivity index (χ1v) is 6.64. The number of para-hydroxylation sites is 1. The first-order chi connectivity index (χ1) is 8.42. The highest BCUT2D eigenvalue weighted by molar-refractivity contribution is 6.36. The van der Waals surface area contributed by atoms with Gasteiger partial charge in [0.05, 0.1) is 5.03 Å². The SMILES string of the molecule is CC(C)(C)NCc1ccccc1OCC(Cl)=CCl. The second-order valence-electron chi connectivity index (χ2n) is 5.06. The van der Waals surface area contributed by atoms with E-state index in [1.807, 2.05) is 24.3 Å². The second-order valence-corrected chi connectivity index (χ2v) is 5.76. The van der Waals surface area contributed by atoms with Gasteiger partial charge in [-0.15, -0.1) is 0 Å². The molecule has 0 radical (unpaired) electrons. The molecule has 0 saturated heterocycles. The monoisotopic (exact) mass is 287 g/mol. The molecule has 0 aliphatic carbocycles. The fourth-order valence-corrected chi connectivity index (χ4v) is 1.45. The maximum Gasteiger partial charge on any atom is 0.125 e. The fourth-order valence-electron chi connectivity index (χ4n) is 1.33. The lowest BCUT2D eigenvalue weighted by Crippen LogP contribution is -2.35. The van der Waals surface area contributed by atoms with Gasteiger partial charge in [0.2, 0.25) is 0 Å². The Bertz CT molecular complexity index is 411. The lowest BCUT2D eigenvalue weighted by atomic mass is 10.1. The lowest BCUT2D eigenvalue weighted by molar-refractivity contribution is 0.349. The summed E-state index contributed by atoms with van der Waals surface area (Å²) in [4.78, 5) is 0. The minimum Gasteiger partial charge on any atom is -0.488 e. The van der Waals surface area contributed by atoms with Gasteiger partial charge in [0.15, 0.2) is 0 Å². The van der Waals surface area contributed by atoms with Crippen LogP contribution in [0.2, 0.25) is 0 Å². The van der Waals surface area contributed by atoms with E-state index in [1.54, 1.807) is 0 Å². The molecule has 0 aliphatic rings. The van der Waals surface area contributed by atoms with Crippen molar-refractivity contribution in [1.82, 2.24) is 5.32 Å². The molecule has 18 heavy (non-hydrogen) atoms. The quantitative estimate of drug-likeness (QED) is 0.873. The first kappa shape index (κ1) is 15.4. The molecule has 0 fully saturated rings. The molecule has 1 N–H and O–H groups in total. The zero-order valence-corrected chi connectivity index (χ0v) is 12.5. The summed E-state index contributed by atoms with van der Waals surface area (Å²) in [5.74, 6) is 0.825. The Morgan fingerprint density at radius 1 is 1.33 bits per heavy atom. The van der Waals surface area contributed by atoms with E-state index in [9.17, 15) is 0 Å². The molecule has 0 saturated carbocycles. The van der Waals surface area contributed by atoms with Crippen LogP contribution in [0, 0.1) is 0 Å². The van der Waals surface area contributed by atoms with Crippen LogP contribution in [0.5, 0.6) is 5.75 Å². The third-order valence-corrected chi connectivity index (χ3v) is 2.86. The van der Waals surface area contributed by atoms with Gasteiger partial charge in [0, 0.05) is 23.2 Å². The summed E-state index contributed by atoms with van der Waals surface area (Å²) in [6, 6.07) is 7.89. The van der Waals surface area contributed by atoms with Crippen molar-refractivity contribution in [1.29, 1.82) is 0 Å². The Hall–Kier alpha value is -0.700. The summed E-state index contributed by atoms with van der Waals surface area (Å²) >= 11 is 11.3. The fraction of sp³-hybridized carbons (Fsp3) is 0.429. The van der Waals surface area contributed by atoms with Crippen LogP contribution in [-0.2, 0) is 6.54 Å². The van der Waals surface area contributed by atoms with Crippen molar-refractivity contribution < 1.29 is 4.74 Å². The highest BCUT2D eigenvalue weighted by Crippen LogP contribution is 2.20. The highest BCUT2D eigenvalue weighted by atomic mass is 35.5. The number of hydrogen-bond donors (Lipinski definition) is 1. The number of benzene rings is 1. The Kier molecular flexibility index (Phi) is 6.00. The number of rotatable bonds is 5. The normalized spacial score (nSPS) is 12.6. The molecule has 0 spiro atoms. The minimum atomic E-state index is 0.0702. The van der Waals surface area contributed by atoms with Gasteiger partial charge in [-0.05, 0) is 26.8 Å². The zero-order valence-electron chi connectivity index (χ0n) is 11.0. The number of hydrogen-bond acceptors (Lipinski definition) is 2. The van der Waals surface area contributed by atoms with E-state index in [1.165, 1.54) is 5.54 Å². The van der Waals surface area contributed by atoms with Gasteiger partial charge >= 0.3 is 0 Å². The smallest absolute Gasteiger partial charge is 0.125 e. The molecule has 0 aliphatic heterocycles. The van der Waals surface area contributed by atoms with Crippen LogP contribution >= 0.6 is 23.2 Å². The Morgan fingerprint density at radius 3 is 2.61 bits per heavy atom. The van der Waals surface area contributed by atoms with E-state index in [-0.39, 0.29) is 12.1 Å². The molecular formula is C14H19Cl2NO. The molecule has 0 heterocycles. The van der Waals surface area contributed by atoms with E-state index in [0.717, 1.165) is 17.9 Å². The average molecular weight is 288 g/mol. The van der Waals surface area contributed by atoms with Gasteiger partial charge in [-0.2, -0.15) is 0 Å². The van der Waals surface area contributed by atoms with Gasteiger partial charge in [0.25, 0.3) is 0 Å². The largest absolute Gasteiger partial charge is 0.488 e. The second kappa shape index (κ2) is 7.03. The minimum absolute atomic E-state index is 0.0702. The number of ether oxygens (including phenoxy) is 1. The van der Waals surface area contributed by atoms with Crippen LogP contribution in [0.3, 0.4) is 0 Å². The third-order valence-electron chi connectivity index (χ3n) is 2.27. The van der Waals surface area contributed by atoms with Crippen molar-refractivity contribution in [2.24, 2.45) is 0 Å². The van der Waals surface area contributed by atoms with E-state index in [0.29, 0.717) is 5.03 Å². The van der Waals surface area contributed by atoms with Gasteiger partial charge in [-0.3, -0.25) is 0 Å². The van der Waals surface area contributed by atoms with Crippen LogP contribution in [0.15, 0.2) is 34.8 Å². The maximum absolute atomic E-state index is 5.81. The topological polar surface area (TPSA) is 21.3 Å². The van der Waals surface area contributed by atoms with Crippen LogP contribution in [0.1, 0.15) is 26.3 Å². The number of halogens is 2. The molecule has 1 aromatic carbocycles. The van der Waals surface area contributed by atoms with Crippen LogP contribution in [-0.4, -0.2) is 12.1 Å². The molecule has 0 aromatic heterocycles. The van der Waals surface area contributed by atoms with E-state index in [2.05, 4.69) is 26.1 Å². The standard InChI is InChI=1S/C14H19Cl2NO/c1-14(2,3)17-9-11-6-4-5-7-13(11)18-10-12(16)8-15/h4-8,17H,9-10H2,1-3H3. The summed E-state index contributed by atoms with van der Waals surface area (Å²) in [5.41, 5.74) is 2.49. The summed E-state index contributed by atoms with van der Waals surface area (Å²) in [6.45, 7) is 7.43. The summed E-state index contributed by atoms with van der Waals surface area (Å²) in [5, 5.41) is 3.91. The molecule has 1 aromatic rings. The summed E-state index contributed by atoms with van der Waals surface area (Å²) in [6.07, 6.45) is 0. The highest BCUT2D eigenvalue weighted by Gasteiger charge is 2.10. The van der Waals surface area contributed by atoms with Crippen LogP contribution < -0.4 is 10.1 Å². The Labute approximate surface area is 119 Å². The van der Waals surface area contributed by atoms with Crippen molar-refractivity contribution >= 4 is 23.2 Å². The van der Waals surface area contributed by atoms with Crippen molar-refractivity contribution in [3.8, 4) is 5.75 Å². The molecule has 0 bridgehead atoms. The summed E-state index contributed by atoms with van der Waals surface area (Å²) < 4.78 is 5.63. The lowest BCUT2D eigenvalue weighted by Gasteiger charge is -2.21. The van der Waals surface area contributed by atoms with E-state index >= 15 is 0 Å². The van der Waals surface area contributed by atoms with Crippen LogP contribution in [0.4, 0.5) is 0 Å². The predicted octanol–water partition coefficient (Wildman–Crippen LogP) is 4.27. The zero-order chi connectivity index (χ0) is 13.6. The Morgan fingerprint density at radius 2 is 2.00 bits per heavy atom. The van der Waals surface area contributed by atoms with Gasteiger partial charge < -0.3 is 10.1 Å². The third kappa shape index (κ3) is 5.76. The molecule has 0 unspecified atom stereocenters. The molecular weight excluding hydrogens is 269 g/mol. The van der Waals surface area contributed by atoms with E-state index in [4.69, 9.17) is 27.9 Å². The molecule has 1 rings (SSSR count). The first-order valence-electron chi connectivity index (χ1n) is 5.83. The molecule has 4 heteroatoms. The van der Waals surface area contributed by atoms with Gasteiger partial charge in [-0.1, -0.05) is 41.4 Å². The molecule has 0 atom stereocenters. The van der Waals surface area contributed by atoms with Gasteiger partial charge in [0.1, 0.15) is 12.4 Å². The molecule has 2 nitrogen and oxygen atoms in total. The van der Waals surface area contributed by atoms with Crippen molar-refractivity contribution in [3.05, 3.63) is 40.4 Å². The number of nitrogens with one attached hydrogen (secondary N) is 1. The Balaban J connectivity index is 2.67. The van der Waals surface area contributed by atoms with Crippen LogP contribution in [0.25, 0.3) is 0 Å². The summed E-state index contributed by atoms with van der Waals surface area (Å²) in [7, 11) is 0. The van der Waals surface area contributed by atoms with E-state index < -0.39 is 0 Å². The van der Waals surface area contributed by atoms with Crippen molar-refractivity contribution in [2.75, 3.05) is 6.61 Å². The van der Waals surface area contributed by atoms with Crippen molar-refractivity contribution in [3.63, 3.8) is 0 Å². The predicted molar refractivity (Wildman–Crippen MR) is 78.3 cm³/mol. The molecule has 0 amide bonds. The average Bonchev–Trinajstić information content (AvgIpc) is 2.33. The molecule has 100 valence electrons. The van der Waals surface area contributed by atoms with Crippen molar-refractivity contribution in [2.45, 2.75) is 32.9 Å². The van der Waals surface area contributed by atoms with Gasteiger partial charge in [-0.25, -0.2) is 0 Å².